The molecule has 3 aromatic rings. The Labute approximate surface area is 116 Å². The van der Waals surface area contributed by atoms with Crippen LogP contribution in [0.3, 0.4) is 0 Å². The van der Waals surface area contributed by atoms with Crippen molar-refractivity contribution in [2.24, 2.45) is 0 Å². The lowest BCUT2D eigenvalue weighted by Crippen LogP contribution is -2.03. The monoisotopic (exact) mass is 269 g/mol. The number of aromatic nitrogens is 5. The predicted molar refractivity (Wildman–Crippen MR) is 73.3 cm³/mol. The van der Waals surface area contributed by atoms with Crippen LogP contribution in [-0.4, -0.2) is 29.9 Å². The van der Waals surface area contributed by atoms with Crippen molar-refractivity contribution in [2.45, 2.75) is 19.6 Å². The van der Waals surface area contributed by atoms with Crippen LogP contribution in [0.1, 0.15) is 24.3 Å². The number of benzene rings is 1. The fourth-order valence-corrected chi connectivity index (χ4v) is 1.95. The van der Waals surface area contributed by atoms with Gasteiger partial charge in [-0.3, -0.25) is 4.68 Å². The quantitative estimate of drug-likeness (QED) is 0.780. The Morgan fingerprint density at radius 3 is 2.65 bits per heavy atom. The number of hydrogen-bond donors (Lipinski definition) is 1. The van der Waals surface area contributed by atoms with Crippen molar-refractivity contribution in [3.05, 3.63) is 60.2 Å². The zero-order valence-electron chi connectivity index (χ0n) is 11.1. The number of nitrogens with zero attached hydrogens (tertiary/aromatic N) is 5. The van der Waals surface area contributed by atoms with Crippen LogP contribution in [0.4, 0.5) is 0 Å². The molecular weight excluding hydrogens is 254 g/mol. The second-order valence-electron chi connectivity index (χ2n) is 4.43. The smallest absolute Gasteiger partial charge is 0.127 e. The van der Waals surface area contributed by atoms with Crippen molar-refractivity contribution in [2.75, 3.05) is 0 Å². The van der Waals surface area contributed by atoms with E-state index < -0.39 is 6.10 Å². The predicted octanol–water partition coefficient (Wildman–Crippen LogP) is 1.57. The van der Waals surface area contributed by atoms with Gasteiger partial charge in [0.25, 0.3) is 0 Å². The van der Waals surface area contributed by atoms with Crippen molar-refractivity contribution in [1.29, 1.82) is 0 Å². The van der Waals surface area contributed by atoms with Gasteiger partial charge in [0.1, 0.15) is 11.8 Å². The molecular formula is C14H15N5O. The van der Waals surface area contributed by atoms with Gasteiger partial charge >= 0.3 is 0 Å². The van der Waals surface area contributed by atoms with Crippen LogP contribution in [-0.2, 0) is 6.54 Å². The number of aliphatic hydroxyl groups is 1. The largest absolute Gasteiger partial charge is 0.382 e. The molecule has 2 heterocycles. The first-order chi connectivity index (χ1) is 9.78. The van der Waals surface area contributed by atoms with E-state index in [0.717, 1.165) is 12.2 Å². The summed E-state index contributed by atoms with van der Waals surface area (Å²) >= 11 is 0. The lowest BCUT2D eigenvalue weighted by Gasteiger charge is -2.03. The maximum absolute atomic E-state index is 10.3. The Bertz CT molecular complexity index is 688. The van der Waals surface area contributed by atoms with Gasteiger partial charge in [0.15, 0.2) is 0 Å². The van der Waals surface area contributed by atoms with Crippen LogP contribution < -0.4 is 0 Å². The van der Waals surface area contributed by atoms with E-state index in [4.69, 9.17) is 0 Å². The summed E-state index contributed by atoms with van der Waals surface area (Å²) in [6, 6.07) is 9.58. The first-order valence-corrected chi connectivity index (χ1v) is 6.46. The Morgan fingerprint density at radius 1 is 1.15 bits per heavy atom. The number of para-hydroxylation sites is 1. The SMILES string of the molecule is CCn1cc(C(O)c2cnn(-c3ccccc3)n2)cn1. The molecule has 0 bridgehead atoms. The van der Waals surface area contributed by atoms with E-state index in [2.05, 4.69) is 15.3 Å². The Hall–Kier alpha value is -2.47. The minimum atomic E-state index is -0.812. The van der Waals surface area contributed by atoms with Gasteiger partial charge in [0.05, 0.1) is 18.1 Å². The molecule has 1 unspecified atom stereocenters. The fourth-order valence-electron chi connectivity index (χ4n) is 1.95. The molecule has 0 aliphatic heterocycles. The molecule has 0 fully saturated rings. The molecule has 6 heteroatoms. The third-order valence-electron chi connectivity index (χ3n) is 3.07. The summed E-state index contributed by atoms with van der Waals surface area (Å²) < 4.78 is 1.76. The molecule has 0 aliphatic rings. The Kier molecular flexibility index (Phi) is 3.30. The van der Waals surface area contributed by atoms with Crippen molar-refractivity contribution in [3.8, 4) is 5.69 Å². The zero-order chi connectivity index (χ0) is 13.9. The summed E-state index contributed by atoms with van der Waals surface area (Å²) in [5.41, 5.74) is 2.08. The highest BCUT2D eigenvalue weighted by Crippen LogP contribution is 2.19. The first kappa shape index (κ1) is 12.6. The second kappa shape index (κ2) is 5.26. The van der Waals surface area contributed by atoms with Crippen LogP contribution in [0.5, 0.6) is 0 Å². The van der Waals surface area contributed by atoms with Gasteiger partial charge in [0.2, 0.25) is 0 Å². The minimum absolute atomic E-state index is 0.504. The van der Waals surface area contributed by atoms with E-state index in [-0.39, 0.29) is 0 Å². The summed E-state index contributed by atoms with van der Waals surface area (Å²) in [5, 5.41) is 22.9. The molecule has 2 aromatic heterocycles. The average Bonchev–Trinajstić information content (AvgIpc) is 3.17. The highest BCUT2D eigenvalue weighted by molar-refractivity contribution is 5.29. The molecule has 0 spiro atoms. The first-order valence-electron chi connectivity index (χ1n) is 6.46. The van der Waals surface area contributed by atoms with E-state index in [1.807, 2.05) is 43.5 Å². The number of rotatable bonds is 4. The Balaban J connectivity index is 1.86. The van der Waals surface area contributed by atoms with Crippen LogP contribution in [0, 0.1) is 0 Å². The van der Waals surface area contributed by atoms with Gasteiger partial charge in [-0.05, 0) is 19.1 Å². The van der Waals surface area contributed by atoms with E-state index >= 15 is 0 Å². The second-order valence-corrected chi connectivity index (χ2v) is 4.43. The van der Waals surface area contributed by atoms with Gasteiger partial charge in [-0.15, -0.1) is 0 Å². The summed E-state index contributed by atoms with van der Waals surface area (Å²) in [7, 11) is 0. The van der Waals surface area contributed by atoms with E-state index in [9.17, 15) is 5.11 Å². The molecule has 6 nitrogen and oxygen atoms in total. The molecule has 1 aromatic carbocycles. The van der Waals surface area contributed by atoms with Gasteiger partial charge in [-0.25, -0.2) is 0 Å². The van der Waals surface area contributed by atoms with Crippen LogP contribution in [0.2, 0.25) is 0 Å². The molecule has 0 amide bonds. The summed E-state index contributed by atoms with van der Waals surface area (Å²) in [5.74, 6) is 0. The highest BCUT2D eigenvalue weighted by Gasteiger charge is 2.16. The number of hydrogen-bond acceptors (Lipinski definition) is 4. The maximum atomic E-state index is 10.3. The molecule has 1 atom stereocenters. The lowest BCUT2D eigenvalue weighted by atomic mass is 10.1. The van der Waals surface area contributed by atoms with E-state index in [1.54, 1.807) is 17.1 Å². The Morgan fingerprint density at radius 2 is 1.95 bits per heavy atom. The molecule has 0 radical (unpaired) electrons. The van der Waals surface area contributed by atoms with Gasteiger partial charge in [-0.1, -0.05) is 18.2 Å². The standard InChI is InChI=1S/C14H15N5O/c1-2-18-10-11(8-15-18)14(20)13-9-16-19(17-13)12-6-4-3-5-7-12/h3-10,14,20H,2H2,1H3. The minimum Gasteiger partial charge on any atom is -0.382 e. The molecule has 102 valence electrons. The molecule has 1 N–H and O–H groups in total. The summed E-state index contributed by atoms with van der Waals surface area (Å²) in [6.45, 7) is 2.76. The lowest BCUT2D eigenvalue weighted by molar-refractivity contribution is 0.214. The molecule has 3 rings (SSSR count). The highest BCUT2D eigenvalue weighted by atomic mass is 16.3. The van der Waals surface area contributed by atoms with Gasteiger partial charge in [0, 0.05) is 18.3 Å². The molecule has 0 aliphatic carbocycles. The zero-order valence-corrected chi connectivity index (χ0v) is 11.1. The van der Waals surface area contributed by atoms with Gasteiger partial charge < -0.3 is 5.11 Å². The summed E-state index contributed by atoms with van der Waals surface area (Å²) in [6.07, 6.45) is 4.22. The van der Waals surface area contributed by atoms with Crippen LogP contribution in [0.15, 0.2) is 48.9 Å². The fraction of sp³-hybridized carbons (Fsp3) is 0.214. The third kappa shape index (κ3) is 2.33. The topological polar surface area (TPSA) is 68.8 Å². The van der Waals surface area contributed by atoms with Crippen LogP contribution in [0.25, 0.3) is 5.69 Å². The third-order valence-corrected chi connectivity index (χ3v) is 3.07. The molecule has 0 saturated carbocycles. The van der Waals surface area contributed by atoms with Crippen LogP contribution >= 0.6 is 0 Å². The average molecular weight is 269 g/mol. The van der Waals surface area contributed by atoms with E-state index in [0.29, 0.717) is 11.3 Å². The number of aryl methyl sites for hydroxylation is 1. The molecule has 20 heavy (non-hydrogen) atoms. The normalized spacial score (nSPS) is 12.5. The van der Waals surface area contributed by atoms with E-state index in [1.165, 1.54) is 4.80 Å². The van der Waals surface area contributed by atoms with Crippen molar-refractivity contribution >= 4 is 0 Å². The number of aliphatic hydroxyl groups excluding tert-OH is 1. The summed E-state index contributed by atoms with van der Waals surface area (Å²) in [4.78, 5) is 1.50. The molecule has 0 saturated heterocycles. The van der Waals surface area contributed by atoms with Crippen molar-refractivity contribution in [3.63, 3.8) is 0 Å². The van der Waals surface area contributed by atoms with Crippen molar-refractivity contribution < 1.29 is 5.11 Å². The van der Waals surface area contributed by atoms with Gasteiger partial charge in [-0.2, -0.15) is 20.1 Å². The maximum Gasteiger partial charge on any atom is 0.127 e. The van der Waals surface area contributed by atoms with Crippen molar-refractivity contribution in [1.82, 2.24) is 24.8 Å².